The minimum absolute atomic E-state index is 0.0685. The third-order valence-corrected chi connectivity index (χ3v) is 11.5. The lowest BCUT2D eigenvalue weighted by Crippen LogP contribution is -2.49. The number of carbonyl (C=O) groups excluding carboxylic acids is 1. The van der Waals surface area contributed by atoms with E-state index in [-0.39, 0.29) is 36.1 Å². The molecule has 0 atom stereocenters. The highest BCUT2D eigenvalue weighted by Gasteiger charge is 2.30. The van der Waals surface area contributed by atoms with Crippen LogP contribution in [0.2, 0.25) is 0 Å². The average molecular weight is 704 g/mol. The summed E-state index contributed by atoms with van der Waals surface area (Å²) < 4.78 is 35.6. The fourth-order valence-corrected chi connectivity index (χ4v) is 8.49. The molecule has 10 nitrogen and oxygen atoms in total. The van der Waals surface area contributed by atoms with E-state index >= 15 is 0 Å². The van der Waals surface area contributed by atoms with Crippen LogP contribution in [0.4, 0.5) is 20.3 Å². The van der Waals surface area contributed by atoms with Crippen molar-refractivity contribution in [2.75, 3.05) is 44.6 Å². The SMILES string of the molecule is NCCCCC1CCC(n2cc3c(nc2=O)Nc2cc(C4CCN(C(=O)CN(Cc5ccc(F)c(F)c5)C5CCNCC5)CC4)ccc2O3)CC1. The van der Waals surface area contributed by atoms with Gasteiger partial charge in [-0.3, -0.25) is 14.3 Å². The lowest BCUT2D eigenvalue weighted by molar-refractivity contribution is -0.134. The highest BCUT2D eigenvalue weighted by atomic mass is 19.2. The lowest BCUT2D eigenvalue weighted by Gasteiger charge is -2.37. The van der Waals surface area contributed by atoms with E-state index in [1.807, 2.05) is 17.2 Å². The summed E-state index contributed by atoms with van der Waals surface area (Å²) in [6.07, 6.45) is 12.9. The number of nitrogens with one attached hydrogen (secondary N) is 2. The number of benzene rings is 2. The van der Waals surface area contributed by atoms with Gasteiger partial charge in [-0.25, -0.2) is 13.6 Å². The molecular formula is C39H51F2N7O3. The van der Waals surface area contributed by atoms with Crippen LogP contribution >= 0.6 is 0 Å². The predicted octanol–water partition coefficient (Wildman–Crippen LogP) is 6.19. The number of nitrogens with zero attached hydrogens (tertiary/aromatic N) is 4. The van der Waals surface area contributed by atoms with Crippen LogP contribution in [0, 0.1) is 17.6 Å². The first-order valence-electron chi connectivity index (χ1n) is 18.9. The maximum Gasteiger partial charge on any atom is 0.350 e. The molecule has 1 amide bonds. The standard InChI is InChI=1S/C39H51F2N7O3/c40-32-10-6-27(21-33(32)41)23-47(30-12-17-43-18-13-30)25-37(49)46-19-14-28(15-20-46)29-7-11-35-34(22-29)44-38-36(51-35)24-48(39(50)45-38)31-8-4-26(5-9-31)3-1-2-16-42/h6-7,10-11,21-22,24,26,28,30-31,43H,1-5,8-9,12-20,23,25,42H2,(H,44,45,50). The predicted molar refractivity (Wildman–Crippen MR) is 193 cm³/mol. The second-order valence-corrected chi connectivity index (χ2v) is 14.9. The van der Waals surface area contributed by atoms with Crippen LogP contribution in [0.15, 0.2) is 47.4 Å². The number of nitrogens with two attached hydrogens (primary N) is 1. The van der Waals surface area contributed by atoms with E-state index in [0.717, 1.165) is 94.7 Å². The number of hydrogen-bond donors (Lipinski definition) is 3. The quantitative estimate of drug-likeness (QED) is 0.158. The number of carbonyl (C=O) groups is 1. The van der Waals surface area contributed by atoms with Crippen molar-refractivity contribution in [1.29, 1.82) is 0 Å². The van der Waals surface area contributed by atoms with Gasteiger partial charge >= 0.3 is 5.69 Å². The van der Waals surface area contributed by atoms with E-state index in [9.17, 15) is 18.4 Å². The molecule has 0 unspecified atom stereocenters. The van der Waals surface area contributed by atoms with E-state index in [1.54, 1.807) is 10.6 Å². The van der Waals surface area contributed by atoms with Crippen LogP contribution in [-0.4, -0.2) is 70.6 Å². The van der Waals surface area contributed by atoms with Crippen LogP contribution in [-0.2, 0) is 11.3 Å². The second kappa shape index (κ2) is 16.2. The van der Waals surface area contributed by atoms with Gasteiger partial charge in [0.25, 0.3) is 0 Å². The molecular weight excluding hydrogens is 652 g/mol. The molecule has 12 heteroatoms. The zero-order valence-corrected chi connectivity index (χ0v) is 29.4. The molecule has 3 aromatic rings. The Morgan fingerprint density at radius 1 is 0.941 bits per heavy atom. The molecule has 2 aromatic carbocycles. The highest BCUT2D eigenvalue weighted by Crippen LogP contribution is 2.43. The number of amides is 1. The van der Waals surface area contributed by atoms with Gasteiger partial charge in [-0.2, -0.15) is 4.98 Å². The van der Waals surface area contributed by atoms with Gasteiger partial charge in [0.1, 0.15) is 0 Å². The van der Waals surface area contributed by atoms with Gasteiger partial charge in [0.15, 0.2) is 29.0 Å². The van der Waals surface area contributed by atoms with Crippen molar-refractivity contribution in [2.24, 2.45) is 11.7 Å². The number of fused-ring (bicyclic) bond motifs is 2. The Labute approximate surface area is 298 Å². The summed E-state index contributed by atoms with van der Waals surface area (Å²) in [6.45, 7) is 4.44. The number of halogens is 2. The molecule has 2 saturated heterocycles. The third kappa shape index (κ3) is 8.45. The summed E-state index contributed by atoms with van der Waals surface area (Å²) in [6, 6.07) is 10.5. The van der Waals surface area contributed by atoms with Gasteiger partial charge in [-0.1, -0.05) is 25.0 Å². The molecule has 1 saturated carbocycles. The number of unbranched alkanes of at least 4 members (excludes halogenated alkanes) is 1. The largest absolute Gasteiger partial charge is 0.450 e. The van der Waals surface area contributed by atoms with E-state index in [0.29, 0.717) is 48.4 Å². The molecule has 0 radical (unpaired) electrons. The molecule has 1 aromatic heterocycles. The number of hydrogen-bond acceptors (Lipinski definition) is 8. The Morgan fingerprint density at radius 2 is 1.73 bits per heavy atom. The van der Waals surface area contributed by atoms with Crippen LogP contribution in [0.1, 0.15) is 93.7 Å². The van der Waals surface area contributed by atoms with E-state index < -0.39 is 11.6 Å². The van der Waals surface area contributed by atoms with Crippen molar-refractivity contribution in [2.45, 2.75) is 95.2 Å². The minimum atomic E-state index is -0.864. The normalized spacial score (nSPS) is 21.1. The number of piperidine rings is 2. The summed E-state index contributed by atoms with van der Waals surface area (Å²) in [7, 11) is 0. The molecule has 3 aliphatic heterocycles. The Hall–Kier alpha value is -3.87. The fraction of sp³-hybridized carbons (Fsp3) is 0.564. The molecule has 51 heavy (non-hydrogen) atoms. The number of ether oxygens (including phenoxy) is 1. The van der Waals surface area contributed by atoms with Gasteiger partial charge in [-0.15, -0.1) is 0 Å². The second-order valence-electron chi connectivity index (χ2n) is 14.9. The van der Waals surface area contributed by atoms with Gasteiger partial charge in [-0.05, 0) is 125 Å². The van der Waals surface area contributed by atoms with Crippen molar-refractivity contribution in [3.05, 3.63) is 75.8 Å². The van der Waals surface area contributed by atoms with Crippen molar-refractivity contribution in [3.63, 3.8) is 0 Å². The van der Waals surface area contributed by atoms with Gasteiger partial charge in [0.05, 0.1) is 18.4 Å². The zero-order chi connectivity index (χ0) is 35.3. The van der Waals surface area contributed by atoms with E-state index in [1.165, 1.54) is 18.9 Å². The molecule has 274 valence electrons. The zero-order valence-electron chi connectivity index (χ0n) is 29.4. The van der Waals surface area contributed by atoms with Gasteiger partial charge in [0.2, 0.25) is 5.91 Å². The van der Waals surface area contributed by atoms with Crippen LogP contribution in [0.25, 0.3) is 0 Å². The summed E-state index contributed by atoms with van der Waals surface area (Å²) in [5.41, 5.74) is 8.02. The smallest absolute Gasteiger partial charge is 0.350 e. The maximum atomic E-state index is 14.0. The average Bonchev–Trinajstić information content (AvgIpc) is 3.15. The topological polar surface area (TPSA) is 118 Å². The monoisotopic (exact) mass is 703 g/mol. The minimum Gasteiger partial charge on any atom is -0.450 e. The lowest BCUT2D eigenvalue weighted by atomic mass is 9.83. The van der Waals surface area contributed by atoms with Gasteiger partial charge in [0, 0.05) is 31.7 Å². The molecule has 1 aliphatic carbocycles. The summed E-state index contributed by atoms with van der Waals surface area (Å²) in [4.78, 5) is 35.2. The molecule has 7 rings (SSSR count). The van der Waals surface area contributed by atoms with Crippen molar-refractivity contribution in [3.8, 4) is 11.5 Å². The van der Waals surface area contributed by atoms with Gasteiger partial charge < -0.3 is 26.0 Å². The Morgan fingerprint density at radius 3 is 2.47 bits per heavy atom. The first-order valence-corrected chi connectivity index (χ1v) is 18.9. The van der Waals surface area contributed by atoms with Crippen LogP contribution in [0.3, 0.4) is 0 Å². The number of anilines is 2. The molecule has 4 aliphatic rings. The Balaban J connectivity index is 0.947. The first-order chi connectivity index (χ1) is 24.8. The molecule has 3 fully saturated rings. The highest BCUT2D eigenvalue weighted by molar-refractivity contribution is 5.78. The van der Waals surface area contributed by atoms with Crippen LogP contribution < -0.4 is 26.8 Å². The molecule has 0 bridgehead atoms. The number of aromatic nitrogens is 2. The fourth-order valence-electron chi connectivity index (χ4n) is 8.49. The summed E-state index contributed by atoms with van der Waals surface area (Å²) >= 11 is 0. The maximum absolute atomic E-state index is 14.0. The van der Waals surface area contributed by atoms with Crippen molar-refractivity contribution < 1.29 is 18.3 Å². The van der Waals surface area contributed by atoms with Crippen LogP contribution in [0.5, 0.6) is 11.5 Å². The Kier molecular flexibility index (Phi) is 11.3. The summed E-state index contributed by atoms with van der Waals surface area (Å²) in [5.74, 6) is 1.04. The molecule has 4 N–H and O–H groups in total. The number of likely N-dealkylation sites (tertiary alicyclic amines) is 1. The third-order valence-electron chi connectivity index (χ3n) is 11.5. The van der Waals surface area contributed by atoms with E-state index in [2.05, 4.69) is 32.7 Å². The van der Waals surface area contributed by atoms with Crippen molar-refractivity contribution in [1.82, 2.24) is 24.7 Å². The molecule has 0 spiro atoms. The van der Waals surface area contributed by atoms with E-state index in [4.69, 9.17) is 10.5 Å². The first kappa shape index (κ1) is 35.5. The van der Waals surface area contributed by atoms with Crippen molar-refractivity contribution >= 4 is 17.4 Å². The summed E-state index contributed by atoms with van der Waals surface area (Å²) in [5, 5.41) is 6.72. The molecule has 4 heterocycles. The number of rotatable bonds is 11. The Bertz CT molecular complexity index is 1730.